The van der Waals surface area contributed by atoms with Gasteiger partial charge in [0.1, 0.15) is 5.54 Å². The molecule has 21 heavy (non-hydrogen) atoms. The normalized spacial score (nSPS) is 27.0. The van der Waals surface area contributed by atoms with Crippen molar-refractivity contribution in [3.63, 3.8) is 0 Å². The highest BCUT2D eigenvalue weighted by Crippen LogP contribution is 2.51. The molecule has 1 amide bonds. The third-order valence-corrected chi connectivity index (χ3v) is 5.17. The highest BCUT2D eigenvalue weighted by molar-refractivity contribution is 7.03. The lowest BCUT2D eigenvalue weighted by Gasteiger charge is -2.58. The van der Waals surface area contributed by atoms with Crippen molar-refractivity contribution in [2.45, 2.75) is 45.8 Å². The second kappa shape index (κ2) is 5.38. The predicted molar refractivity (Wildman–Crippen MR) is 78.5 cm³/mol. The van der Waals surface area contributed by atoms with Crippen molar-refractivity contribution in [3.8, 4) is 0 Å². The minimum Gasteiger partial charge on any atom is -0.479 e. The summed E-state index contributed by atoms with van der Waals surface area (Å²) >= 11 is 1.18. The number of hydrogen-bond acceptors (Lipinski definition) is 5. The van der Waals surface area contributed by atoms with Crippen LogP contribution >= 0.6 is 11.5 Å². The molecule has 0 unspecified atom stereocenters. The molecule has 1 aromatic rings. The summed E-state index contributed by atoms with van der Waals surface area (Å²) in [5, 5.41) is 14.0. The number of carboxylic acids is 1. The molecule has 7 heteroatoms. The van der Waals surface area contributed by atoms with Crippen LogP contribution in [-0.2, 0) is 9.53 Å². The van der Waals surface area contributed by atoms with Gasteiger partial charge in [-0.25, -0.2) is 4.79 Å². The van der Waals surface area contributed by atoms with Gasteiger partial charge in [0.15, 0.2) is 0 Å². The fourth-order valence-electron chi connectivity index (χ4n) is 2.81. The van der Waals surface area contributed by atoms with Crippen LogP contribution in [0.2, 0.25) is 0 Å². The Bertz CT molecular complexity index is 569. The van der Waals surface area contributed by atoms with Crippen LogP contribution in [0.1, 0.15) is 43.2 Å². The summed E-state index contributed by atoms with van der Waals surface area (Å²) in [6.07, 6.45) is 0.0894. The fourth-order valence-corrected chi connectivity index (χ4v) is 3.50. The fraction of sp³-hybridized carbons (Fsp3) is 0.643. The van der Waals surface area contributed by atoms with Crippen LogP contribution in [0.25, 0.3) is 0 Å². The van der Waals surface area contributed by atoms with Gasteiger partial charge in [0.05, 0.1) is 17.4 Å². The van der Waals surface area contributed by atoms with Crippen LogP contribution in [0.5, 0.6) is 0 Å². The smallest absolute Gasteiger partial charge is 0.330 e. The Morgan fingerprint density at radius 1 is 1.57 bits per heavy atom. The number of aromatic nitrogens is 1. The summed E-state index contributed by atoms with van der Waals surface area (Å²) in [5.74, 6) is -1.43. The molecule has 2 rings (SSSR count). The van der Waals surface area contributed by atoms with Crippen molar-refractivity contribution in [2.24, 2.45) is 5.41 Å². The van der Waals surface area contributed by atoms with E-state index < -0.39 is 22.8 Å². The first-order valence-electron chi connectivity index (χ1n) is 6.84. The molecule has 0 radical (unpaired) electrons. The number of ether oxygens (including phenoxy) is 1. The molecule has 6 nitrogen and oxygen atoms in total. The molecule has 116 valence electrons. The number of rotatable bonds is 5. The van der Waals surface area contributed by atoms with Crippen molar-refractivity contribution < 1.29 is 19.4 Å². The Morgan fingerprint density at radius 3 is 2.67 bits per heavy atom. The van der Waals surface area contributed by atoms with E-state index in [1.807, 2.05) is 20.8 Å². The lowest BCUT2D eigenvalue weighted by Crippen LogP contribution is -2.76. The Balaban J connectivity index is 2.24. The van der Waals surface area contributed by atoms with Crippen LogP contribution < -0.4 is 5.32 Å². The zero-order valence-corrected chi connectivity index (χ0v) is 13.4. The maximum Gasteiger partial charge on any atom is 0.330 e. The monoisotopic (exact) mass is 312 g/mol. The SMILES string of the molecule is CCO[C@H]1C[C@@](NC(=O)c2csnc2C)(C(=O)O)C1(C)C. The molecular weight excluding hydrogens is 292 g/mol. The number of aliphatic carboxylic acids is 1. The molecule has 2 N–H and O–H groups in total. The average molecular weight is 312 g/mol. The second-order valence-electron chi connectivity index (χ2n) is 5.85. The number of carboxylic acid groups (broad SMARTS) is 1. The summed E-state index contributed by atoms with van der Waals surface area (Å²) in [6.45, 7) is 7.74. The topological polar surface area (TPSA) is 88.5 Å². The molecule has 1 aliphatic rings. The van der Waals surface area contributed by atoms with Crippen LogP contribution in [-0.4, -0.2) is 39.6 Å². The first-order valence-corrected chi connectivity index (χ1v) is 7.68. The molecule has 1 fully saturated rings. The summed E-state index contributed by atoms with van der Waals surface area (Å²) in [7, 11) is 0. The van der Waals surface area contributed by atoms with Crippen molar-refractivity contribution in [1.82, 2.24) is 9.69 Å². The Morgan fingerprint density at radius 2 is 2.24 bits per heavy atom. The van der Waals surface area contributed by atoms with Crippen molar-refractivity contribution in [3.05, 3.63) is 16.6 Å². The predicted octanol–water partition coefficient (Wildman–Crippen LogP) is 1.84. The van der Waals surface area contributed by atoms with E-state index in [9.17, 15) is 14.7 Å². The third-order valence-electron chi connectivity index (χ3n) is 4.45. The van der Waals surface area contributed by atoms with Gasteiger partial charge < -0.3 is 15.2 Å². The molecule has 0 bridgehead atoms. The molecule has 0 spiro atoms. The Labute approximate surface area is 127 Å². The first kappa shape index (κ1) is 15.9. The van der Waals surface area contributed by atoms with E-state index >= 15 is 0 Å². The number of hydrogen-bond donors (Lipinski definition) is 2. The molecule has 1 aromatic heterocycles. The second-order valence-corrected chi connectivity index (χ2v) is 6.48. The van der Waals surface area contributed by atoms with Crippen molar-refractivity contribution in [1.29, 1.82) is 0 Å². The standard InChI is InChI=1S/C14H20N2O4S/c1-5-20-10-6-14(12(18)19,13(10,3)4)15-11(17)9-7-21-16-8(9)2/h7,10H,5-6H2,1-4H3,(H,15,17)(H,18,19)/t10-,14+/m0/s1. The highest BCUT2D eigenvalue weighted by Gasteiger charge is 2.66. The maximum absolute atomic E-state index is 12.3. The van der Waals surface area contributed by atoms with Crippen molar-refractivity contribution in [2.75, 3.05) is 6.61 Å². The first-order chi connectivity index (χ1) is 9.76. The van der Waals surface area contributed by atoms with E-state index in [1.54, 1.807) is 12.3 Å². The molecule has 0 aliphatic heterocycles. The molecule has 1 saturated carbocycles. The summed E-state index contributed by atoms with van der Waals surface area (Å²) in [5.41, 5.74) is -0.951. The van der Waals surface area contributed by atoms with E-state index in [2.05, 4.69) is 9.69 Å². The minimum atomic E-state index is -1.31. The quantitative estimate of drug-likeness (QED) is 0.866. The number of amides is 1. The number of aryl methyl sites for hydroxylation is 1. The molecule has 0 aromatic carbocycles. The zero-order chi connectivity index (χ0) is 15.8. The van der Waals surface area contributed by atoms with Crippen LogP contribution in [0, 0.1) is 12.3 Å². The van der Waals surface area contributed by atoms with E-state index in [1.165, 1.54) is 11.5 Å². The van der Waals surface area contributed by atoms with Gasteiger partial charge >= 0.3 is 5.97 Å². The van der Waals surface area contributed by atoms with Gasteiger partial charge in [-0.05, 0) is 25.4 Å². The molecule has 2 atom stereocenters. The minimum absolute atomic E-state index is 0.180. The van der Waals surface area contributed by atoms with Crippen LogP contribution in [0.15, 0.2) is 5.38 Å². The average Bonchev–Trinajstić information content (AvgIpc) is 2.83. The Hall–Kier alpha value is -1.47. The van der Waals surface area contributed by atoms with E-state index in [0.29, 0.717) is 17.9 Å². The number of carbonyl (C=O) groups excluding carboxylic acids is 1. The van der Waals surface area contributed by atoms with Gasteiger partial charge in [-0.15, -0.1) is 0 Å². The number of nitrogens with zero attached hydrogens (tertiary/aromatic N) is 1. The third kappa shape index (κ3) is 2.34. The van der Waals surface area contributed by atoms with Crippen LogP contribution in [0.3, 0.4) is 0 Å². The highest BCUT2D eigenvalue weighted by atomic mass is 32.1. The lowest BCUT2D eigenvalue weighted by atomic mass is 9.54. The van der Waals surface area contributed by atoms with Gasteiger partial charge in [0, 0.05) is 23.8 Å². The number of nitrogens with one attached hydrogen (secondary N) is 1. The number of carbonyl (C=O) groups is 2. The van der Waals surface area contributed by atoms with E-state index in [4.69, 9.17) is 4.74 Å². The van der Waals surface area contributed by atoms with Gasteiger partial charge in [-0.2, -0.15) is 4.37 Å². The summed E-state index contributed by atoms with van der Waals surface area (Å²) in [4.78, 5) is 24.1. The van der Waals surface area contributed by atoms with E-state index in [0.717, 1.165) is 0 Å². The zero-order valence-electron chi connectivity index (χ0n) is 12.6. The summed E-state index contributed by atoms with van der Waals surface area (Å²) in [6, 6.07) is 0. The largest absolute Gasteiger partial charge is 0.479 e. The lowest BCUT2D eigenvalue weighted by molar-refractivity contribution is -0.190. The van der Waals surface area contributed by atoms with E-state index in [-0.39, 0.29) is 12.5 Å². The maximum atomic E-state index is 12.3. The molecular formula is C14H20N2O4S. The van der Waals surface area contributed by atoms with Crippen LogP contribution in [0.4, 0.5) is 0 Å². The van der Waals surface area contributed by atoms with Gasteiger partial charge in [-0.1, -0.05) is 13.8 Å². The molecule has 1 aliphatic carbocycles. The summed E-state index contributed by atoms with van der Waals surface area (Å²) < 4.78 is 9.62. The Kier molecular flexibility index (Phi) is 4.08. The van der Waals surface area contributed by atoms with Gasteiger partial charge in [-0.3, -0.25) is 4.79 Å². The van der Waals surface area contributed by atoms with Gasteiger partial charge in [0.25, 0.3) is 5.91 Å². The van der Waals surface area contributed by atoms with Crippen molar-refractivity contribution >= 4 is 23.4 Å². The molecule has 1 heterocycles. The molecule has 0 saturated heterocycles. The van der Waals surface area contributed by atoms with Gasteiger partial charge in [0.2, 0.25) is 0 Å².